The largest absolute Gasteiger partial charge is 0.457 e. The predicted octanol–water partition coefficient (Wildman–Crippen LogP) is 0.268. The van der Waals surface area contributed by atoms with Crippen LogP contribution >= 0.6 is 0 Å². The van der Waals surface area contributed by atoms with E-state index in [1.54, 1.807) is 13.8 Å². The van der Waals surface area contributed by atoms with Crippen LogP contribution in [0.3, 0.4) is 0 Å². The Morgan fingerprint density at radius 1 is 1.53 bits per heavy atom. The van der Waals surface area contributed by atoms with Crippen LogP contribution in [0.5, 0.6) is 0 Å². The van der Waals surface area contributed by atoms with Crippen molar-refractivity contribution in [2.45, 2.75) is 38.6 Å². The van der Waals surface area contributed by atoms with Crippen LogP contribution in [0.2, 0.25) is 0 Å². The van der Waals surface area contributed by atoms with Gasteiger partial charge in [-0.1, -0.05) is 13.8 Å². The average Bonchev–Trinajstić information content (AvgIpc) is 2.69. The van der Waals surface area contributed by atoms with Gasteiger partial charge in [-0.05, 0) is 0 Å². The predicted molar refractivity (Wildman–Crippen MR) is 49.0 cm³/mol. The molecule has 2 heterocycles. The first-order valence-corrected chi connectivity index (χ1v) is 5.12. The number of carbonyl (C=O) groups is 2. The second kappa shape index (κ2) is 3.81. The lowest BCUT2D eigenvalue weighted by Crippen LogP contribution is -2.35. The van der Waals surface area contributed by atoms with Crippen molar-refractivity contribution < 1.29 is 23.8 Å². The summed E-state index contributed by atoms with van der Waals surface area (Å²) in [5, 5.41) is 0. The highest BCUT2D eigenvalue weighted by molar-refractivity contribution is 5.82. The molecule has 0 radical (unpaired) electrons. The fraction of sp³-hybridized carbons (Fsp3) is 0.800. The molecule has 3 atom stereocenters. The molecule has 15 heavy (non-hydrogen) atoms. The number of hydrogen-bond acceptors (Lipinski definition) is 5. The summed E-state index contributed by atoms with van der Waals surface area (Å²) in [5.41, 5.74) is 0. The van der Waals surface area contributed by atoms with Crippen LogP contribution in [0, 0.1) is 5.92 Å². The highest BCUT2D eigenvalue weighted by Crippen LogP contribution is 2.29. The van der Waals surface area contributed by atoms with Gasteiger partial charge in [0.05, 0.1) is 12.5 Å². The molecule has 0 spiro atoms. The zero-order valence-corrected chi connectivity index (χ0v) is 8.76. The van der Waals surface area contributed by atoms with Gasteiger partial charge >= 0.3 is 11.9 Å². The second-order valence-corrected chi connectivity index (χ2v) is 4.11. The van der Waals surface area contributed by atoms with Crippen LogP contribution in [0.15, 0.2) is 0 Å². The summed E-state index contributed by atoms with van der Waals surface area (Å²) in [6.07, 6.45) is -0.818. The van der Waals surface area contributed by atoms with Gasteiger partial charge in [0.2, 0.25) is 6.10 Å². The topological polar surface area (TPSA) is 61.8 Å². The molecule has 0 aromatic carbocycles. The van der Waals surface area contributed by atoms with Crippen LogP contribution in [0.25, 0.3) is 0 Å². The Bertz CT molecular complexity index is 286. The number of carbonyl (C=O) groups excluding carboxylic acids is 2. The van der Waals surface area contributed by atoms with Crippen molar-refractivity contribution in [1.29, 1.82) is 0 Å². The Morgan fingerprint density at radius 3 is 2.93 bits per heavy atom. The molecular formula is C10H14O5. The smallest absolute Gasteiger partial charge is 0.350 e. The summed E-state index contributed by atoms with van der Waals surface area (Å²) in [6.45, 7) is 3.99. The molecule has 0 amide bonds. The maximum atomic E-state index is 11.4. The molecule has 0 aromatic heterocycles. The van der Waals surface area contributed by atoms with Crippen molar-refractivity contribution in [2.24, 2.45) is 5.92 Å². The fourth-order valence-corrected chi connectivity index (χ4v) is 1.73. The number of rotatable bonds is 2. The molecule has 0 bridgehead atoms. The van der Waals surface area contributed by atoms with E-state index in [9.17, 15) is 9.59 Å². The number of fused-ring (bicyclic) bond motifs is 1. The van der Waals surface area contributed by atoms with Gasteiger partial charge in [0.1, 0.15) is 12.2 Å². The first-order valence-electron chi connectivity index (χ1n) is 5.12. The molecule has 2 rings (SSSR count). The van der Waals surface area contributed by atoms with Gasteiger partial charge in [-0.25, -0.2) is 4.79 Å². The lowest BCUT2D eigenvalue weighted by Gasteiger charge is -2.15. The Labute approximate surface area is 87.7 Å². The lowest BCUT2D eigenvalue weighted by molar-refractivity contribution is -0.166. The van der Waals surface area contributed by atoms with Crippen molar-refractivity contribution in [3.05, 3.63) is 0 Å². The zero-order valence-electron chi connectivity index (χ0n) is 8.76. The van der Waals surface area contributed by atoms with Crippen LogP contribution < -0.4 is 0 Å². The summed E-state index contributed by atoms with van der Waals surface area (Å²) < 4.78 is 15.4. The number of ether oxygens (including phenoxy) is 3. The summed E-state index contributed by atoms with van der Waals surface area (Å²) in [6, 6.07) is 0. The van der Waals surface area contributed by atoms with Crippen LogP contribution in [-0.2, 0) is 23.8 Å². The van der Waals surface area contributed by atoms with Crippen molar-refractivity contribution in [1.82, 2.24) is 0 Å². The van der Waals surface area contributed by atoms with E-state index in [1.807, 2.05) is 0 Å². The quantitative estimate of drug-likeness (QED) is 0.617. The first-order chi connectivity index (χ1) is 7.09. The molecule has 1 unspecified atom stereocenters. The number of hydrogen-bond donors (Lipinski definition) is 0. The third-order valence-electron chi connectivity index (χ3n) is 2.59. The molecule has 5 heteroatoms. The molecule has 0 aromatic rings. The van der Waals surface area contributed by atoms with Crippen LogP contribution in [0.4, 0.5) is 0 Å². The summed E-state index contributed by atoms with van der Waals surface area (Å²) in [5.74, 6) is -1.13. The Morgan fingerprint density at radius 2 is 2.27 bits per heavy atom. The van der Waals surface area contributed by atoms with E-state index in [0.717, 1.165) is 0 Å². The summed E-state index contributed by atoms with van der Waals surface area (Å²) in [7, 11) is 0. The van der Waals surface area contributed by atoms with Crippen molar-refractivity contribution in [2.75, 3.05) is 6.61 Å². The van der Waals surface area contributed by atoms with Gasteiger partial charge in [0.25, 0.3) is 0 Å². The van der Waals surface area contributed by atoms with E-state index in [2.05, 4.69) is 0 Å². The first kappa shape index (κ1) is 10.4. The van der Waals surface area contributed by atoms with Gasteiger partial charge < -0.3 is 14.2 Å². The molecule has 84 valence electrons. The minimum atomic E-state index is -0.868. The van der Waals surface area contributed by atoms with Crippen molar-refractivity contribution in [3.63, 3.8) is 0 Å². The molecule has 5 nitrogen and oxygen atoms in total. The van der Waals surface area contributed by atoms with Gasteiger partial charge in [-0.15, -0.1) is 0 Å². The molecule has 0 N–H and O–H groups in total. The molecule has 0 aliphatic carbocycles. The maximum Gasteiger partial charge on any atom is 0.350 e. The molecule has 0 saturated carbocycles. The second-order valence-electron chi connectivity index (χ2n) is 4.11. The minimum Gasteiger partial charge on any atom is -0.457 e. The number of esters is 2. The average molecular weight is 214 g/mol. The zero-order chi connectivity index (χ0) is 11.0. The Balaban J connectivity index is 2.02. The molecule has 2 saturated heterocycles. The van der Waals surface area contributed by atoms with Crippen LogP contribution in [0.1, 0.15) is 20.3 Å². The van der Waals surface area contributed by atoms with Crippen molar-refractivity contribution in [3.8, 4) is 0 Å². The van der Waals surface area contributed by atoms with E-state index in [4.69, 9.17) is 14.2 Å². The minimum absolute atomic E-state index is 0.234. The van der Waals surface area contributed by atoms with Crippen molar-refractivity contribution >= 4 is 11.9 Å². The molecular weight excluding hydrogens is 200 g/mol. The Kier molecular flexibility index (Phi) is 2.65. The third-order valence-corrected chi connectivity index (χ3v) is 2.59. The molecule has 2 aliphatic heterocycles. The molecule has 2 fully saturated rings. The normalized spacial score (nSPS) is 34.1. The lowest BCUT2D eigenvalue weighted by atomic mass is 10.1. The summed E-state index contributed by atoms with van der Waals surface area (Å²) >= 11 is 0. The SMILES string of the molecule is CC(C)C(=O)OC1C(=O)O[C@@H]2CCO[C@H]12. The van der Waals surface area contributed by atoms with Gasteiger partial charge in [-0.3, -0.25) is 4.79 Å². The van der Waals surface area contributed by atoms with E-state index >= 15 is 0 Å². The Hall–Kier alpha value is -1.10. The monoisotopic (exact) mass is 214 g/mol. The fourth-order valence-electron chi connectivity index (χ4n) is 1.73. The maximum absolute atomic E-state index is 11.4. The van der Waals surface area contributed by atoms with Crippen LogP contribution in [-0.4, -0.2) is 36.9 Å². The van der Waals surface area contributed by atoms with Gasteiger partial charge in [0.15, 0.2) is 0 Å². The van der Waals surface area contributed by atoms with Gasteiger partial charge in [0, 0.05) is 6.42 Å². The molecule has 2 aliphatic rings. The highest BCUT2D eigenvalue weighted by atomic mass is 16.7. The van der Waals surface area contributed by atoms with E-state index in [0.29, 0.717) is 13.0 Å². The van der Waals surface area contributed by atoms with Gasteiger partial charge in [-0.2, -0.15) is 0 Å². The highest BCUT2D eigenvalue weighted by Gasteiger charge is 2.51. The third kappa shape index (κ3) is 1.84. The van der Waals surface area contributed by atoms with E-state index in [-0.39, 0.29) is 12.0 Å². The van der Waals surface area contributed by atoms with E-state index in [1.165, 1.54) is 0 Å². The van der Waals surface area contributed by atoms with E-state index < -0.39 is 24.1 Å². The standard InChI is InChI=1S/C10H14O5/c1-5(2)9(11)15-8-7-6(3-4-13-7)14-10(8)12/h5-8H,3-4H2,1-2H3/t6-,7+,8?/m1/s1. The summed E-state index contributed by atoms with van der Waals surface area (Å²) in [4.78, 5) is 22.7.